The van der Waals surface area contributed by atoms with Crippen LogP contribution in [0.25, 0.3) is 0 Å². The molecule has 1 amide bonds. The van der Waals surface area contributed by atoms with Crippen molar-refractivity contribution in [1.82, 2.24) is 4.90 Å². The second kappa shape index (κ2) is 5.65. The van der Waals surface area contributed by atoms with E-state index in [0.29, 0.717) is 13.2 Å². The maximum Gasteiger partial charge on any atom is 0.255 e. The van der Waals surface area contributed by atoms with Crippen LogP contribution >= 0.6 is 11.3 Å². The van der Waals surface area contributed by atoms with E-state index in [-0.39, 0.29) is 11.9 Å². The predicted octanol–water partition coefficient (Wildman–Crippen LogP) is 3.50. The van der Waals surface area contributed by atoms with Crippen LogP contribution in [0, 0.1) is 0 Å². The third-order valence-electron chi connectivity index (χ3n) is 4.23. The van der Waals surface area contributed by atoms with Crippen LogP contribution in [0.1, 0.15) is 34.8 Å². The highest BCUT2D eigenvalue weighted by Crippen LogP contribution is 2.38. The van der Waals surface area contributed by atoms with Crippen molar-refractivity contribution in [2.75, 3.05) is 19.8 Å². The lowest BCUT2D eigenvalue weighted by Gasteiger charge is -2.26. The maximum atomic E-state index is 12.7. The molecular weight excluding hydrogens is 298 g/mol. The topological polar surface area (TPSA) is 38.8 Å². The molecule has 114 valence electrons. The zero-order valence-electron chi connectivity index (χ0n) is 12.2. The molecule has 1 atom stereocenters. The van der Waals surface area contributed by atoms with Gasteiger partial charge in [0.25, 0.3) is 5.91 Å². The van der Waals surface area contributed by atoms with Crippen LogP contribution in [0.3, 0.4) is 0 Å². The van der Waals surface area contributed by atoms with Crippen molar-refractivity contribution < 1.29 is 14.3 Å². The molecule has 0 bridgehead atoms. The van der Waals surface area contributed by atoms with Crippen molar-refractivity contribution in [3.8, 4) is 11.5 Å². The van der Waals surface area contributed by atoms with Gasteiger partial charge in [-0.1, -0.05) is 6.07 Å². The van der Waals surface area contributed by atoms with E-state index in [4.69, 9.17) is 9.47 Å². The Labute approximate surface area is 133 Å². The lowest BCUT2D eigenvalue weighted by molar-refractivity contribution is 0.0735. The molecular formula is C17H17NO3S. The number of carbonyl (C=O) groups is 1. The molecule has 2 aliphatic heterocycles. The van der Waals surface area contributed by atoms with Gasteiger partial charge < -0.3 is 14.4 Å². The number of nitrogens with zero attached hydrogens (tertiary/aromatic N) is 1. The van der Waals surface area contributed by atoms with Gasteiger partial charge in [0.05, 0.1) is 11.6 Å². The first-order valence-corrected chi connectivity index (χ1v) is 8.50. The number of carbonyl (C=O) groups excluding carboxylic acids is 1. The van der Waals surface area contributed by atoms with Gasteiger partial charge >= 0.3 is 0 Å². The quantitative estimate of drug-likeness (QED) is 0.851. The van der Waals surface area contributed by atoms with Crippen LogP contribution in [0.5, 0.6) is 11.5 Å². The molecule has 4 nitrogen and oxygen atoms in total. The molecule has 0 radical (unpaired) electrons. The zero-order chi connectivity index (χ0) is 14.9. The van der Waals surface area contributed by atoms with E-state index in [9.17, 15) is 4.79 Å². The van der Waals surface area contributed by atoms with E-state index in [2.05, 4.69) is 6.07 Å². The van der Waals surface area contributed by atoms with Crippen LogP contribution in [0.15, 0.2) is 35.0 Å². The van der Waals surface area contributed by atoms with Gasteiger partial charge in [0.1, 0.15) is 13.2 Å². The Morgan fingerprint density at radius 1 is 1.18 bits per heavy atom. The normalized spacial score (nSPS) is 20.2. The fourth-order valence-electron chi connectivity index (χ4n) is 3.18. The molecule has 1 saturated heterocycles. The summed E-state index contributed by atoms with van der Waals surface area (Å²) in [5.41, 5.74) is 1.92. The summed E-state index contributed by atoms with van der Waals surface area (Å²) < 4.78 is 11.2. The molecule has 1 fully saturated rings. The lowest BCUT2D eigenvalue weighted by atomic mass is 10.0. The zero-order valence-corrected chi connectivity index (χ0v) is 13.0. The number of ether oxygens (including phenoxy) is 2. The minimum atomic E-state index is 0.124. The Morgan fingerprint density at radius 2 is 2.05 bits per heavy atom. The largest absolute Gasteiger partial charge is 0.486 e. The summed E-state index contributed by atoms with van der Waals surface area (Å²) in [5, 5.41) is 3.86. The van der Waals surface area contributed by atoms with E-state index in [0.717, 1.165) is 42.0 Å². The number of rotatable bonds is 2. The molecule has 2 aromatic rings. The van der Waals surface area contributed by atoms with E-state index in [1.807, 2.05) is 33.9 Å². The summed E-state index contributed by atoms with van der Waals surface area (Å²) in [5.74, 6) is 1.71. The van der Waals surface area contributed by atoms with Crippen molar-refractivity contribution in [3.05, 3.63) is 46.2 Å². The minimum absolute atomic E-state index is 0.124. The van der Waals surface area contributed by atoms with Gasteiger partial charge in [-0.25, -0.2) is 0 Å². The van der Waals surface area contributed by atoms with Crippen LogP contribution < -0.4 is 9.47 Å². The fourth-order valence-corrected chi connectivity index (χ4v) is 3.81. The van der Waals surface area contributed by atoms with Crippen molar-refractivity contribution >= 4 is 17.2 Å². The van der Waals surface area contributed by atoms with Crippen molar-refractivity contribution in [2.24, 2.45) is 0 Å². The molecule has 3 heterocycles. The molecule has 0 spiro atoms. The number of fused-ring (bicyclic) bond motifs is 1. The minimum Gasteiger partial charge on any atom is -0.486 e. The Kier molecular flexibility index (Phi) is 3.50. The second-order valence-corrected chi connectivity index (χ2v) is 6.35. The molecule has 0 aliphatic carbocycles. The first kappa shape index (κ1) is 13.6. The van der Waals surface area contributed by atoms with E-state index >= 15 is 0 Å². The van der Waals surface area contributed by atoms with Crippen LogP contribution in [-0.4, -0.2) is 30.6 Å². The molecule has 0 unspecified atom stereocenters. The summed E-state index contributed by atoms with van der Waals surface area (Å²) >= 11 is 1.56. The lowest BCUT2D eigenvalue weighted by Crippen LogP contribution is -2.30. The number of thiophene rings is 1. The smallest absolute Gasteiger partial charge is 0.255 e. The average molecular weight is 315 g/mol. The van der Waals surface area contributed by atoms with Crippen molar-refractivity contribution in [2.45, 2.75) is 18.9 Å². The predicted molar refractivity (Wildman–Crippen MR) is 84.8 cm³/mol. The molecule has 22 heavy (non-hydrogen) atoms. The molecule has 0 saturated carbocycles. The first-order chi connectivity index (χ1) is 10.8. The van der Waals surface area contributed by atoms with Crippen molar-refractivity contribution in [1.29, 1.82) is 0 Å². The van der Waals surface area contributed by atoms with E-state index in [1.165, 1.54) is 0 Å². The van der Waals surface area contributed by atoms with Gasteiger partial charge in [0.15, 0.2) is 11.5 Å². The van der Waals surface area contributed by atoms with Gasteiger partial charge in [-0.3, -0.25) is 4.79 Å². The second-order valence-electron chi connectivity index (χ2n) is 5.57. The maximum absolute atomic E-state index is 12.7. The summed E-state index contributed by atoms with van der Waals surface area (Å²) in [6.45, 7) is 1.99. The summed E-state index contributed by atoms with van der Waals surface area (Å²) in [6, 6.07) is 8.06. The third kappa shape index (κ3) is 2.35. The average Bonchev–Trinajstić information content (AvgIpc) is 3.25. The van der Waals surface area contributed by atoms with Gasteiger partial charge in [-0.05, 0) is 42.0 Å². The first-order valence-electron chi connectivity index (χ1n) is 7.55. The summed E-state index contributed by atoms with van der Waals surface area (Å²) in [4.78, 5) is 14.6. The van der Waals surface area contributed by atoms with Crippen LogP contribution in [0.4, 0.5) is 0 Å². The highest BCUT2D eigenvalue weighted by molar-refractivity contribution is 7.08. The number of hydrogen-bond donors (Lipinski definition) is 0. The van der Waals surface area contributed by atoms with Gasteiger partial charge in [-0.2, -0.15) is 11.3 Å². The molecule has 5 heteroatoms. The number of amides is 1. The SMILES string of the molecule is O=C(c1ccsc1)N1CCC[C@H]1c1ccc2c(c1)OCCO2. The van der Waals surface area contributed by atoms with E-state index < -0.39 is 0 Å². The monoisotopic (exact) mass is 315 g/mol. The summed E-state index contributed by atoms with van der Waals surface area (Å²) in [7, 11) is 0. The van der Waals surface area contributed by atoms with Gasteiger partial charge in [-0.15, -0.1) is 0 Å². The Hall–Kier alpha value is -2.01. The van der Waals surface area contributed by atoms with Gasteiger partial charge in [0.2, 0.25) is 0 Å². The van der Waals surface area contributed by atoms with Crippen LogP contribution in [0.2, 0.25) is 0 Å². The Balaban J connectivity index is 1.62. The molecule has 1 aromatic heterocycles. The highest BCUT2D eigenvalue weighted by atomic mass is 32.1. The third-order valence-corrected chi connectivity index (χ3v) is 4.92. The Morgan fingerprint density at radius 3 is 2.86 bits per heavy atom. The molecule has 4 rings (SSSR count). The number of likely N-dealkylation sites (tertiary alicyclic amines) is 1. The van der Waals surface area contributed by atoms with Crippen molar-refractivity contribution in [3.63, 3.8) is 0 Å². The standard InChI is InChI=1S/C17H17NO3S/c19-17(13-5-9-22-11-13)18-6-1-2-14(18)12-3-4-15-16(10-12)21-8-7-20-15/h3-5,9-11,14H,1-2,6-8H2/t14-/m0/s1. The fraction of sp³-hybridized carbons (Fsp3) is 0.353. The number of hydrogen-bond acceptors (Lipinski definition) is 4. The molecule has 0 N–H and O–H groups in total. The Bertz CT molecular complexity index is 683. The van der Waals surface area contributed by atoms with Gasteiger partial charge in [0, 0.05) is 11.9 Å². The molecule has 1 aromatic carbocycles. The van der Waals surface area contributed by atoms with Crippen LogP contribution in [-0.2, 0) is 0 Å². The molecule has 2 aliphatic rings. The number of benzene rings is 1. The van der Waals surface area contributed by atoms with E-state index in [1.54, 1.807) is 11.3 Å². The highest BCUT2D eigenvalue weighted by Gasteiger charge is 2.31. The summed E-state index contributed by atoms with van der Waals surface area (Å²) in [6.07, 6.45) is 2.03.